The molecule has 0 bridgehead atoms. The van der Waals surface area contributed by atoms with Crippen molar-refractivity contribution in [2.45, 2.75) is 12.5 Å². The number of carbonyl (C=O) groups excluding carboxylic acids is 1. The lowest BCUT2D eigenvalue weighted by Gasteiger charge is -2.12. The Kier molecular flexibility index (Phi) is 5.90. The van der Waals surface area contributed by atoms with E-state index in [-0.39, 0.29) is 19.1 Å². The molecule has 0 radical (unpaired) electrons. The van der Waals surface area contributed by atoms with Gasteiger partial charge in [0, 0.05) is 19.8 Å². The van der Waals surface area contributed by atoms with Gasteiger partial charge in [0.05, 0.1) is 6.04 Å². The van der Waals surface area contributed by atoms with E-state index in [2.05, 4.69) is 4.74 Å². The van der Waals surface area contributed by atoms with Gasteiger partial charge in [-0.05, 0) is 6.42 Å². The zero-order chi connectivity index (χ0) is 15.3. The average molecular weight is 295 g/mol. The van der Waals surface area contributed by atoms with E-state index in [9.17, 15) is 22.4 Å². The molecule has 1 aromatic rings. The molecule has 0 aliphatic rings. The fourth-order valence-corrected chi connectivity index (χ4v) is 1.33. The lowest BCUT2D eigenvalue weighted by Crippen LogP contribution is -2.35. The molecule has 1 aromatic carbocycles. The van der Waals surface area contributed by atoms with Crippen molar-refractivity contribution < 1.29 is 31.8 Å². The maximum atomic E-state index is 13.2. The van der Waals surface area contributed by atoms with Crippen LogP contribution in [0.2, 0.25) is 0 Å². The summed E-state index contributed by atoms with van der Waals surface area (Å²) in [5.41, 5.74) is 5.46. The van der Waals surface area contributed by atoms with Gasteiger partial charge in [-0.1, -0.05) is 0 Å². The molecule has 4 nitrogen and oxygen atoms in total. The third-order valence-electron chi connectivity index (χ3n) is 2.48. The number of halogens is 4. The molecule has 1 rings (SSSR count). The summed E-state index contributed by atoms with van der Waals surface area (Å²) < 4.78 is 61.4. The first-order valence-electron chi connectivity index (χ1n) is 5.61. The molecule has 0 fully saturated rings. The van der Waals surface area contributed by atoms with Crippen LogP contribution in [0.3, 0.4) is 0 Å². The normalized spacial score (nSPS) is 12.3. The van der Waals surface area contributed by atoms with E-state index in [1.165, 1.54) is 7.11 Å². The van der Waals surface area contributed by atoms with Crippen LogP contribution in [0.4, 0.5) is 17.6 Å². The van der Waals surface area contributed by atoms with Gasteiger partial charge in [-0.3, -0.25) is 4.79 Å². The number of rotatable bonds is 7. The van der Waals surface area contributed by atoms with Gasteiger partial charge >= 0.3 is 0 Å². The molecule has 0 aromatic heterocycles. The lowest BCUT2D eigenvalue weighted by atomic mass is 10.1. The monoisotopic (exact) mass is 295 g/mol. The summed E-state index contributed by atoms with van der Waals surface area (Å²) >= 11 is 0. The standard InChI is InChI=1S/C12H13F4NO3/c1-19-3-2-8(17)9(18)5-20-12-10(15)6(13)4-7(14)11(12)16/h4,8H,2-3,5,17H2,1H3/t8-/m0/s1. The maximum Gasteiger partial charge on any atom is 0.203 e. The van der Waals surface area contributed by atoms with Crippen LogP contribution in [-0.4, -0.2) is 32.1 Å². The zero-order valence-corrected chi connectivity index (χ0v) is 10.6. The molecule has 0 aliphatic heterocycles. The Morgan fingerprint density at radius 1 is 1.25 bits per heavy atom. The second-order valence-electron chi connectivity index (χ2n) is 3.94. The number of carbonyl (C=O) groups is 1. The van der Waals surface area contributed by atoms with E-state index in [1.54, 1.807) is 0 Å². The first-order chi connectivity index (χ1) is 9.38. The minimum atomic E-state index is -1.71. The highest BCUT2D eigenvalue weighted by Crippen LogP contribution is 2.26. The van der Waals surface area contributed by atoms with Crippen molar-refractivity contribution in [2.24, 2.45) is 5.73 Å². The molecule has 1 atom stereocenters. The van der Waals surface area contributed by atoms with E-state index in [0.717, 1.165) is 0 Å². The summed E-state index contributed by atoms with van der Waals surface area (Å²) in [4.78, 5) is 11.5. The van der Waals surface area contributed by atoms with Crippen LogP contribution >= 0.6 is 0 Å². The summed E-state index contributed by atoms with van der Waals surface area (Å²) in [5.74, 6) is -8.60. The van der Waals surface area contributed by atoms with Crippen LogP contribution in [0, 0.1) is 23.3 Å². The number of hydrogen-bond donors (Lipinski definition) is 1. The van der Waals surface area contributed by atoms with Crippen molar-refractivity contribution in [3.05, 3.63) is 29.3 Å². The summed E-state index contributed by atoms with van der Waals surface area (Å²) in [6, 6.07) is -0.914. The van der Waals surface area contributed by atoms with Crippen molar-refractivity contribution in [3.8, 4) is 5.75 Å². The SMILES string of the molecule is COCC[C@H](N)C(=O)COc1c(F)c(F)cc(F)c1F. The second-order valence-corrected chi connectivity index (χ2v) is 3.94. The van der Waals surface area contributed by atoms with Crippen LogP contribution in [0.25, 0.3) is 0 Å². The van der Waals surface area contributed by atoms with E-state index in [4.69, 9.17) is 10.5 Å². The number of ketones is 1. The van der Waals surface area contributed by atoms with Gasteiger partial charge in [-0.25, -0.2) is 8.78 Å². The van der Waals surface area contributed by atoms with Crippen LogP contribution in [0.1, 0.15) is 6.42 Å². The van der Waals surface area contributed by atoms with Gasteiger partial charge < -0.3 is 15.2 Å². The predicted octanol–water partition coefficient (Wildman–Crippen LogP) is 1.55. The van der Waals surface area contributed by atoms with Crippen molar-refractivity contribution >= 4 is 5.78 Å². The second kappa shape index (κ2) is 7.20. The van der Waals surface area contributed by atoms with E-state index >= 15 is 0 Å². The number of methoxy groups -OCH3 is 1. The van der Waals surface area contributed by atoms with Crippen molar-refractivity contribution in [1.29, 1.82) is 0 Å². The first kappa shape index (κ1) is 16.4. The fourth-order valence-electron chi connectivity index (χ4n) is 1.33. The third kappa shape index (κ3) is 3.91. The Labute approximate surface area is 112 Å². The molecule has 8 heteroatoms. The summed E-state index contributed by atoms with van der Waals surface area (Å²) in [5, 5.41) is 0. The number of ether oxygens (including phenoxy) is 2. The Hall–Kier alpha value is -1.67. The zero-order valence-electron chi connectivity index (χ0n) is 10.6. The quantitative estimate of drug-likeness (QED) is 0.612. The van der Waals surface area contributed by atoms with E-state index in [0.29, 0.717) is 0 Å². The molecule has 20 heavy (non-hydrogen) atoms. The fraction of sp³-hybridized carbons (Fsp3) is 0.417. The van der Waals surface area contributed by atoms with Crippen LogP contribution in [0.5, 0.6) is 5.75 Å². The van der Waals surface area contributed by atoms with Crippen molar-refractivity contribution in [2.75, 3.05) is 20.3 Å². The van der Waals surface area contributed by atoms with E-state index < -0.39 is 47.5 Å². The minimum Gasteiger partial charge on any atom is -0.479 e. The molecule has 0 spiro atoms. The van der Waals surface area contributed by atoms with Crippen molar-refractivity contribution in [3.63, 3.8) is 0 Å². The van der Waals surface area contributed by atoms with Crippen LogP contribution < -0.4 is 10.5 Å². The summed E-state index contributed by atoms with van der Waals surface area (Å²) in [6.45, 7) is -0.591. The molecular weight excluding hydrogens is 282 g/mol. The van der Waals surface area contributed by atoms with Gasteiger partial charge in [0.25, 0.3) is 0 Å². The Morgan fingerprint density at radius 2 is 1.80 bits per heavy atom. The molecule has 0 aliphatic carbocycles. The van der Waals surface area contributed by atoms with Gasteiger partial charge in [-0.15, -0.1) is 0 Å². The van der Waals surface area contributed by atoms with E-state index in [1.807, 2.05) is 0 Å². The number of Topliss-reactive ketones (excluding diaryl/α,β-unsaturated/α-hetero) is 1. The predicted molar refractivity (Wildman–Crippen MR) is 61.2 cm³/mol. The van der Waals surface area contributed by atoms with Gasteiger partial charge in [0.15, 0.2) is 23.2 Å². The van der Waals surface area contributed by atoms with Gasteiger partial charge in [0.2, 0.25) is 11.6 Å². The average Bonchev–Trinajstić information content (AvgIpc) is 2.42. The number of hydrogen-bond acceptors (Lipinski definition) is 4. The molecule has 0 amide bonds. The highest BCUT2D eigenvalue weighted by atomic mass is 19.2. The van der Waals surface area contributed by atoms with Crippen molar-refractivity contribution in [1.82, 2.24) is 0 Å². The minimum absolute atomic E-state index is 0.0453. The molecule has 2 N–H and O–H groups in total. The van der Waals surface area contributed by atoms with Gasteiger partial charge in [0.1, 0.15) is 6.61 Å². The highest BCUT2D eigenvalue weighted by Gasteiger charge is 2.22. The molecule has 112 valence electrons. The smallest absolute Gasteiger partial charge is 0.203 e. The summed E-state index contributed by atoms with van der Waals surface area (Å²) in [6.07, 6.45) is 0.182. The third-order valence-corrected chi connectivity index (χ3v) is 2.48. The maximum absolute atomic E-state index is 13.2. The topological polar surface area (TPSA) is 61.5 Å². The van der Waals surface area contributed by atoms with Crippen LogP contribution in [-0.2, 0) is 9.53 Å². The molecular formula is C12H13F4NO3. The van der Waals surface area contributed by atoms with Gasteiger partial charge in [-0.2, -0.15) is 8.78 Å². The summed E-state index contributed by atoms with van der Waals surface area (Å²) in [7, 11) is 1.41. The number of nitrogens with two attached hydrogens (primary N) is 1. The molecule has 0 unspecified atom stereocenters. The van der Waals surface area contributed by atoms with Crippen LogP contribution in [0.15, 0.2) is 6.07 Å². The molecule has 0 heterocycles. The highest BCUT2D eigenvalue weighted by molar-refractivity contribution is 5.85. The molecule has 0 saturated heterocycles. The Balaban J connectivity index is 2.73. The largest absolute Gasteiger partial charge is 0.479 e. The lowest BCUT2D eigenvalue weighted by molar-refractivity contribution is -0.122. The Morgan fingerprint density at radius 3 is 2.30 bits per heavy atom. The number of benzene rings is 1. The molecule has 0 saturated carbocycles. The first-order valence-corrected chi connectivity index (χ1v) is 5.61. The Bertz CT molecular complexity index is 470.